The standard InChI is InChI=1S/C25H34N6O4/c1-5-26-24(33)27-18-8-6-17(7-9-18)21-28-20-14-30(23(32)25(3,4)34)11-10-19(20)22(29-21)31-12-13-35-15-16(31)2/h6-9,16,34H,5,10-15H2,1-4H3,(H2,26,27,33). The number of aliphatic hydroxyl groups is 1. The maximum Gasteiger partial charge on any atom is 0.319 e. The van der Waals surface area contributed by atoms with E-state index in [0.29, 0.717) is 50.8 Å². The average Bonchev–Trinajstić information content (AvgIpc) is 2.83. The number of nitrogens with one attached hydrogen (secondary N) is 2. The van der Waals surface area contributed by atoms with Gasteiger partial charge >= 0.3 is 6.03 Å². The van der Waals surface area contributed by atoms with Gasteiger partial charge in [0.2, 0.25) is 0 Å². The molecule has 1 fully saturated rings. The molecule has 188 valence electrons. The minimum Gasteiger partial charge on any atom is -0.381 e. The van der Waals surface area contributed by atoms with Gasteiger partial charge in [0.15, 0.2) is 5.82 Å². The van der Waals surface area contributed by atoms with Gasteiger partial charge in [-0.2, -0.15) is 0 Å². The second-order valence-electron chi connectivity index (χ2n) is 9.51. The van der Waals surface area contributed by atoms with Crippen LogP contribution in [0.15, 0.2) is 24.3 Å². The Morgan fingerprint density at radius 2 is 1.94 bits per heavy atom. The number of aromatic nitrogens is 2. The zero-order valence-corrected chi connectivity index (χ0v) is 20.8. The second-order valence-corrected chi connectivity index (χ2v) is 9.51. The Morgan fingerprint density at radius 1 is 1.20 bits per heavy atom. The molecule has 1 aromatic carbocycles. The van der Waals surface area contributed by atoms with Crippen LogP contribution in [0.2, 0.25) is 0 Å². The number of nitrogens with zero attached hydrogens (tertiary/aromatic N) is 4. The average molecular weight is 483 g/mol. The molecule has 0 spiro atoms. The molecular formula is C25H34N6O4. The minimum absolute atomic E-state index is 0.162. The molecule has 1 atom stereocenters. The largest absolute Gasteiger partial charge is 0.381 e. The lowest BCUT2D eigenvalue weighted by Crippen LogP contribution is -2.48. The number of rotatable bonds is 5. The van der Waals surface area contributed by atoms with Crippen LogP contribution in [0.5, 0.6) is 0 Å². The van der Waals surface area contributed by atoms with Crippen LogP contribution in [0.4, 0.5) is 16.3 Å². The Balaban J connectivity index is 1.69. The number of fused-ring (bicyclic) bond motifs is 1. The number of carbonyl (C=O) groups excluding carboxylic acids is 2. The molecule has 0 radical (unpaired) electrons. The fraction of sp³-hybridized carbons (Fsp3) is 0.520. The first-order valence-electron chi connectivity index (χ1n) is 12.1. The highest BCUT2D eigenvalue weighted by Crippen LogP contribution is 2.32. The van der Waals surface area contributed by atoms with Crippen LogP contribution in [0, 0.1) is 0 Å². The van der Waals surface area contributed by atoms with Gasteiger partial charge in [0.25, 0.3) is 5.91 Å². The van der Waals surface area contributed by atoms with E-state index in [9.17, 15) is 14.7 Å². The molecule has 4 rings (SSSR count). The van der Waals surface area contributed by atoms with Gasteiger partial charge in [-0.1, -0.05) is 0 Å². The summed E-state index contributed by atoms with van der Waals surface area (Å²) in [4.78, 5) is 38.3. The fourth-order valence-electron chi connectivity index (χ4n) is 4.42. The molecule has 1 aromatic heterocycles. The summed E-state index contributed by atoms with van der Waals surface area (Å²) in [7, 11) is 0. The number of benzene rings is 1. The summed E-state index contributed by atoms with van der Waals surface area (Å²) in [6.45, 7) is 10.3. The van der Waals surface area contributed by atoms with Crippen molar-refractivity contribution < 1.29 is 19.4 Å². The fourth-order valence-corrected chi connectivity index (χ4v) is 4.42. The first-order valence-corrected chi connectivity index (χ1v) is 12.1. The van der Waals surface area contributed by atoms with Crippen LogP contribution < -0.4 is 15.5 Å². The van der Waals surface area contributed by atoms with Crippen LogP contribution in [-0.4, -0.2) is 76.4 Å². The summed E-state index contributed by atoms with van der Waals surface area (Å²) in [5.74, 6) is 1.12. The zero-order valence-electron chi connectivity index (χ0n) is 20.8. The lowest BCUT2D eigenvalue weighted by atomic mass is 10.0. The van der Waals surface area contributed by atoms with Crippen molar-refractivity contribution in [2.24, 2.45) is 0 Å². The van der Waals surface area contributed by atoms with Crippen LogP contribution in [0.1, 0.15) is 39.0 Å². The van der Waals surface area contributed by atoms with Gasteiger partial charge in [-0.15, -0.1) is 0 Å². The van der Waals surface area contributed by atoms with Crippen molar-refractivity contribution in [2.75, 3.05) is 43.1 Å². The SMILES string of the molecule is CCNC(=O)Nc1ccc(-c2nc3c(c(N4CCOCC4C)n2)CCN(C(=O)C(C)(C)O)C3)cc1. The Morgan fingerprint density at radius 3 is 2.60 bits per heavy atom. The molecule has 35 heavy (non-hydrogen) atoms. The molecular weight excluding hydrogens is 448 g/mol. The zero-order chi connectivity index (χ0) is 25.2. The van der Waals surface area contributed by atoms with Crippen LogP contribution >= 0.6 is 0 Å². The quantitative estimate of drug-likeness (QED) is 0.597. The Kier molecular flexibility index (Phi) is 7.23. The molecule has 3 heterocycles. The predicted octanol–water partition coefficient (Wildman–Crippen LogP) is 2.17. The summed E-state index contributed by atoms with van der Waals surface area (Å²) < 4.78 is 5.64. The Hall–Kier alpha value is -3.24. The third kappa shape index (κ3) is 5.54. The number of ether oxygens (including phenoxy) is 1. The van der Waals surface area contributed by atoms with E-state index in [1.165, 1.54) is 13.8 Å². The van der Waals surface area contributed by atoms with Gasteiger partial charge in [0.05, 0.1) is 31.5 Å². The highest BCUT2D eigenvalue weighted by Gasteiger charge is 2.34. The third-order valence-electron chi connectivity index (χ3n) is 6.23. The first kappa shape index (κ1) is 24.9. The van der Waals surface area contributed by atoms with Gasteiger partial charge in [-0.05, 0) is 58.4 Å². The summed E-state index contributed by atoms with van der Waals surface area (Å²) in [6, 6.07) is 7.28. The normalized spacial score (nSPS) is 18.1. The van der Waals surface area contributed by atoms with E-state index in [-0.39, 0.29) is 18.0 Å². The summed E-state index contributed by atoms with van der Waals surface area (Å²) >= 11 is 0. The summed E-state index contributed by atoms with van der Waals surface area (Å²) in [6.07, 6.45) is 0.617. The minimum atomic E-state index is -1.44. The number of anilines is 2. The molecule has 2 aromatic rings. The number of urea groups is 1. The molecule has 3 N–H and O–H groups in total. The van der Waals surface area contributed by atoms with Crippen molar-refractivity contribution in [1.29, 1.82) is 0 Å². The summed E-state index contributed by atoms with van der Waals surface area (Å²) in [5, 5.41) is 15.8. The number of hydrogen-bond donors (Lipinski definition) is 3. The maximum absolute atomic E-state index is 12.8. The lowest BCUT2D eigenvalue weighted by molar-refractivity contribution is -0.148. The van der Waals surface area contributed by atoms with Gasteiger partial charge in [-0.25, -0.2) is 14.8 Å². The number of morpholine rings is 1. The van der Waals surface area contributed by atoms with E-state index < -0.39 is 5.60 Å². The molecule has 0 aliphatic carbocycles. The monoisotopic (exact) mass is 482 g/mol. The van der Waals surface area contributed by atoms with Crippen molar-refractivity contribution in [1.82, 2.24) is 20.2 Å². The molecule has 10 nitrogen and oxygen atoms in total. The van der Waals surface area contributed by atoms with Crippen LogP contribution in [0.3, 0.4) is 0 Å². The first-order chi connectivity index (χ1) is 16.7. The van der Waals surface area contributed by atoms with E-state index >= 15 is 0 Å². The van der Waals surface area contributed by atoms with Crippen molar-refractivity contribution in [2.45, 2.75) is 52.3 Å². The molecule has 2 aliphatic heterocycles. The molecule has 1 saturated heterocycles. The smallest absolute Gasteiger partial charge is 0.319 e. The van der Waals surface area contributed by atoms with E-state index in [4.69, 9.17) is 14.7 Å². The Bertz CT molecular complexity index is 1080. The molecule has 0 saturated carbocycles. The maximum atomic E-state index is 12.8. The van der Waals surface area contributed by atoms with E-state index in [2.05, 4.69) is 22.5 Å². The van der Waals surface area contributed by atoms with E-state index in [1.54, 1.807) is 4.90 Å². The Labute approximate surface area is 205 Å². The third-order valence-corrected chi connectivity index (χ3v) is 6.23. The predicted molar refractivity (Wildman–Crippen MR) is 133 cm³/mol. The van der Waals surface area contributed by atoms with Crippen LogP contribution in [0.25, 0.3) is 11.4 Å². The van der Waals surface area contributed by atoms with E-state index in [0.717, 1.165) is 29.2 Å². The van der Waals surface area contributed by atoms with Gasteiger partial charge in [0.1, 0.15) is 11.4 Å². The number of amides is 3. The van der Waals surface area contributed by atoms with Crippen molar-refractivity contribution >= 4 is 23.4 Å². The van der Waals surface area contributed by atoms with Crippen molar-refractivity contribution in [3.05, 3.63) is 35.5 Å². The van der Waals surface area contributed by atoms with Crippen LogP contribution in [-0.2, 0) is 22.5 Å². The second kappa shape index (κ2) is 10.2. The number of carbonyl (C=O) groups is 2. The lowest BCUT2D eigenvalue weighted by Gasteiger charge is -2.38. The molecule has 3 amide bonds. The number of hydrogen-bond acceptors (Lipinski definition) is 7. The summed E-state index contributed by atoms with van der Waals surface area (Å²) in [5.41, 5.74) is 1.86. The van der Waals surface area contributed by atoms with Gasteiger partial charge < -0.3 is 30.3 Å². The van der Waals surface area contributed by atoms with Gasteiger partial charge in [0, 0.05) is 36.4 Å². The molecule has 2 aliphatic rings. The molecule has 0 bridgehead atoms. The topological polar surface area (TPSA) is 120 Å². The highest BCUT2D eigenvalue weighted by molar-refractivity contribution is 5.89. The van der Waals surface area contributed by atoms with Gasteiger partial charge in [-0.3, -0.25) is 4.79 Å². The van der Waals surface area contributed by atoms with Crippen molar-refractivity contribution in [3.63, 3.8) is 0 Å². The molecule has 1 unspecified atom stereocenters. The van der Waals surface area contributed by atoms with E-state index in [1.807, 2.05) is 31.2 Å². The van der Waals surface area contributed by atoms with Crippen molar-refractivity contribution in [3.8, 4) is 11.4 Å². The highest BCUT2D eigenvalue weighted by atomic mass is 16.5. The molecule has 10 heteroatoms.